The van der Waals surface area contributed by atoms with E-state index in [-0.39, 0.29) is 5.76 Å². The molecule has 0 bridgehead atoms. The van der Waals surface area contributed by atoms with Crippen LogP contribution in [0.25, 0.3) is 0 Å². The molecule has 0 aromatic heterocycles. The Labute approximate surface area is 92.1 Å². The Bertz CT molecular complexity index is 199. The first kappa shape index (κ1) is 14.0. The minimum absolute atomic E-state index is 0.0545. The summed E-state index contributed by atoms with van der Waals surface area (Å²) in [5, 5.41) is 19.0. The van der Waals surface area contributed by atoms with Crippen LogP contribution >= 0.6 is 0 Å². The molecule has 0 radical (unpaired) electrons. The highest BCUT2D eigenvalue weighted by Gasteiger charge is 2.09. The Kier molecular flexibility index (Phi) is 7.82. The first-order valence-corrected chi connectivity index (χ1v) is 5.46. The monoisotopic (exact) mass is 214 g/mol. The van der Waals surface area contributed by atoms with Crippen molar-refractivity contribution in [2.45, 2.75) is 51.7 Å². The van der Waals surface area contributed by atoms with Gasteiger partial charge in [0.05, 0.1) is 12.4 Å². The largest absolute Gasteiger partial charge is 0.509 e. The molecule has 3 nitrogen and oxygen atoms in total. The molecule has 0 rings (SSSR count). The third-order valence-corrected chi connectivity index (χ3v) is 2.18. The van der Waals surface area contributed by atoms with E-state index in [9.17, 15) is 10.2 Å². The van der Waals surface area contributed by atoms with Gasteiger partial charge < -0.3 is 14.9 Å². The van der Waals surface area contributed by atoms with E-state index >= 15 is 0 Å². The highest BCUT2D eigenvalue weighted by Crippen LogP contribution is 2.09. The van der Waals surface area contributed by atoms with Gasteiger partial charge in [-0.1, -0.05) is 32.8 Å². The average Bonchev–Trinajstić information content (AvgIpc) is 2.18. The van der Waals surface area contributed by atoms with Crippen molar-refractivity contribution < 1.29 is 14.9 Å². The van der Waals surface area contributed by atoms with Gasteiger partial charge >= 0.3 is 0 Å². The Morgan fingerprint density at radius 2 is 2.13 bits per heavy atom. The molecule has 0 saturated heterocycles. The summed E-state index contributed by atoms with van der Waals surface area (Å²) >= 11 is 0. The van der Waals surface area contributed by atoms with E-state index in [4.69, 9.17) is 4.74 Å². The molecule has 0 fully saturated rings. The maximum atomic E-state index is 9.55. The fourth-order valence-electron chi connectivity index (χ4n) is 1.23. The number of aliphatic hydroxyl groups is 2. The Morgan fingerprint density at radius 3 is 2.67 bits per heavy atom. The summed E-state index contributed by atoms with van der Waals surface area (Å²) in [5.74, 6) is 0.0545. The van der Waals surface area contributed by atoms with Gasteiger partial charge in [0, 0.05) is 0 Å². The molecule has 0 aliphatic heterocycles. The Balaban J connectivity index is 3.92. The summed E-state index contributed by atoms with van der Waals surface area (Å²) < 4.78 is 4.96. The molecule has 0 saturated carbocycles. The van der Waals surface area contributed by atoms with Gasteiger partial charge in [-0.3, -0.25) is 0 Å². The summed E-state index contributed by atoms with van der Waals surface area (Å²) in [6, 6.07) is 0. The predicted octanol–water partition coefficient (Wildman–Crippen LogP) is 2.92. The summed E-state index contributed by atoms with van der Waals surface area (Å²) in [5.41, 5.74) is 0. The van der Waals surface area contributed by atoms with Crippen LogP contribution in [0.3, 0.4) is 0 Å². The number of ether oxygens (including phenoxy) is 1. The van der Waals surface area contributed by atoms with Crippen molar-refractivity contribution in [1.29, 1.82) is 0 Å². The maximum Gasteiger partial charge on any atom is 0.151 e. The normalized spacial score (nSPS) is 15.8. The van der Waals surface area contributed by atoms with Crippen molar-refractivity contribution >= 4 is 0 Å². The van der Waals surface area contributed by atoms with E-state index in [0.29, 0.717) is 6.42 Å². The number of rotatable bonds is 8. The summed E-state index contributed by atoms with van der Waals surface area (Å²) in [6.07, 6.45) is 5.55. The topological polar surface area (TPSA) is 49.7 Å². The van der Waals surface area contributed by atoms with Crippen LogP contribution in [-0.2, 0) is 4.74 Å². The smallest absolute Gasteiger partial charge is 0.151 e. The second-order valence-electron chi connectivity index (χ2n) is 3.60. The van der Waals surface area contributed by atoms with Crippen LogP contribution in [0.1, 0.15) is 39.5 Å². The molecule has 15 heavy (non-hydrogen) atoms. The van der Waals surface area contributed by atoms with Gasteiger partial charge in [-0.15, -0.1) is 0 Å². The fraction of sp³-hybridized carbons (Fsp3) is 0.667. The highest BCUT2D eigenvalue weighted by atomic mass is 16.5. The van der Waals surface area contributed by atoms with Gasteiger partial charge in [0.2, 0.25) is 0 Å². The van der Waals surface area contributed by atoms with Crippen LogP contribution < -0.4 is 0 Å². The molecule has 0 aromatic carbocycles. The molecule has 0 aliphatic carbocycles. The van der Waals surface area contributed by atoms with Crippen molar-refractivity contribution in [3.63, 3.8) is 0 Å². The quantitative estimate of drug-likeness (QED) is 0.482. The molecule has 0 aromatic rings. The van der Waals surface area contributed by atoms with E-state index in [1.165, 1.54) is 12.3 Å². The molecule has 88 valence electrons. The van der Waals surface area contributed by atoms with Crippen LogP contribution in [-0.4, -0.2) is 22.4 Å². The molecule has 2 unspecified atom stereocenters. The van der Waals surface area contributed by atoms with Crippen LogP contribution in [0.2, 0.25) is 0 Å². The third-order valence-electron chi connectivity index (χ3n) is 2.18. The lowest BCUT2D eigenvalue weighted by atomic mass is 10.1. The van der Waals surface area contributed by atoms with E-state index < -0.39 is 12.2 Å². The summed E-state index contributed by atoms with van der Waals surface area (Å²) in [7, 11) is 0. The van der Waals surface area contributed by atoms with Gasteiger partial charge in [0.15, 0.2) is 6.10 Å². The van der Waals surface area contributed by atoms with E-state index in [1.54, 1.807) is 6.92 Å². The lowest BCUT2D eigenvalue weighted by Crippen LogP contribution is -2.12. The molecule has 0 heterocycles. The maximum absolute atomic E-state index is 9.55. The van der Waals surface area contributed by atoms with Crippen LogP contribution in [0.5, 0.6) is 0 Å². The Hall–Kier alpha value is -0.960. The third kappa shape index (κ3) is 7.03. The van der Waals surface area contributed by atoms with Gasteiger partial charge in [0.1, 0.15) is 5.76 Å². The zero-order chi connectivity index (χ0) is 11.7. The minimum atomic E-state index is -0.590. The number of hydrogen-bond acceptors (Lipinski definition) is 3. The van der Waals surface area contributed by atoms with Gasteiger partial charge in [-0.25, -0.2) is 0 Å². The molecule has 0 spiro atoms. The molecule has 0 aliphatic rings. The summed E-state index contributed by atoms with van der Waals surface area (Å²) in [6.45, 7) is 7.21. The van der Waals surface area contributed by atoms with Crippen molar-refractivity contribution in [2.24, 2.45) is 0 Å². The summed E-state index contributed by atoms with van der Waals surface area (Å²) in [4.78, 5) is 0. The molecular weight excluding hydrogens is 192 g/mol. The first-order chi connectivity index (χ1) is 7.11. The van der Waals surface area contributed by atoms with Crippen molar-refractivity contribution in [2.75, 3.05) is 0 Å². The zero-order valence-electron chi connectivity index (χ0n) is 9.65. The van der Waals surface area contributed by atoms with Crippen LogP contribution in [0.4, 0.5) is 0 Å². The van der Waals surface area contributed by atoms with Crippen molar-refractivity contribution in [3.8, 4) is 0 Å². The average molecular weight is 214 g/mol. The molecule has 2 atom stereocenters. The second-order valence-corrected chi connectivity index (χ2v) is 3.60. The Morgan fingerprint density at radius 1 is 1.47 bits per heavy atom. The molecule has 3 heteroatoms. The number of hydrogen-bond donors (Lipinski definition) is 2. The van der Waals surface area contributed by atoms with E-state index in [1.807, 2.05) is 0 Å². The van der Waals surface area contributed by atoms with Crippen LogP contribution in [0.15, 0.2) is 24.7 Å². The lowest BCUT2D eigenvalue weighted by Gasteiger charge is -2.12. The zero-order valence-corrected chi connectivity index (χ0v) is 9.65. The standard InChI is InChI=1S/C12H22O3/c1-4-6-7-8-11(13)9-12(14)10(3)15-5-2/h5,9-11,13-14H,2,4,6-8H2,1,3H3. The fourth-order valence-corrected chi connectivity index (χ4v) is 1.23. The van der Waals surface area contributed by atoms with E-state index in [0.717, 1.165) is 19.3 Å². The lowest BCUT2D eigenvalue weighted by molar-refractivity contribution is 0.136. The van der Waals surface area contributed by atoms with Gasteiger partial charge in [-0.05, 0) is 19.4 Å². The molecular formula is C12H22O3. The van der Waals surface area contributed by atoms with E-state index in [2.05, 4.69) is 13.5 Å². The molecule has 0 amide bonds. The van der Waals surface area contributed by atoms with Gasteiger partial charge in [0.25, 0.3) is 0 Å². The minimum Gasteiger partial charge on any atom is -0.509 e. The van der Waals surface area contributed by atoms with Crippen molar-refractivity contribution in [1.82, 2.24) is 0 Å². The van der Waals surface area contributed by atoms with Gasteiger partial charge in [-0.2, -0.15) is 0 Å². The first-order valence-electron chi connectivity index (χ1n) is 5.46. The molecule has 2 N–H and O–H groups in total. The highest BCUT2D eigenvalue weighted by molar-refractivity contribution is 5.01. The van der Waals surface area contributed by atoms with Crippen molar-refractivity contribution in [3.05, 3.63) is 24.7 Å². The second kappa shape index (κ2) is 8.36. The number of aliphatic hydroxyl groups excluding tert-OH is 2. The number of unbranched alkanes of at least 4 members (excludes halogenated alkanes) is 2. The SMILES string of the molecule is C=COC(C)C(O)=CC(O)CCCCC. The predicted molar refractivity (Wildman–Crippen MR) is 61.6 cm³/mol. The van der Waals surface area contributed by atoms with Crippen LogP contribution in [0, 0.1) is 0 Å².